The molecule has 0 aromatic carbocycles. The smallest absolute Gasteiger partial charge is 0.135 e. The van der Waals surface area contributed by atoms with Gasteiger partial charge in [-0.25, -0.2) is 4.98 Å². The van der Waals surface area contributed by atoms with Gasteiger partial charge in [-0.05, 0) is 40.2 Å². The maximum absolute atomic E-state index is 11.1. The van der Waals surface area contributed by atoms with Crippen molar-refractivity contribution in [2.45, 2.75) is 58.5 Å². The van der Waals surface area contributed by atoms with E-state index in [0.29, 0.717) is 18.5 Å². The molecule has 1 unspecified atom stereocenters. The molecule has 0 amide bonds. The molecule has 0 radical (unpaired) electrons. The lowest BCUT2D eigenvalue weighted by molar-refractivity contribution is -0.116. The Morgan fingerprint density at radius 1 is 1.56 bits per heavy atom. The number of aromatic nitrogens is 1. The normalized spacial score (nSPS) is 21.4. The van der Waals surface area contributed by atoms with Gasteiger partial charge >= 0.3 is 0 Å². The van der Waals surface area contributed by atoms with E-state index >= 15 is 0 Å². The number of likely N-dealkylation sites (tertiary alicyclic amines) is 1. The van der Waals surface area contributed by atoms with Gasteiger partial charge < -0.3 is 0 Å². The minimum absolute atomic E-state index is 0.217. The van der Waals surface area contributed by atoms with E-state index in [4.69, 9.17) is 0 Å². The number of piperidine rings is 1. The van der Waals surface area contributed by atoms with Gasteiger partial charge in [0.25, 0.3) is 0 Å². The molecule has 1 aliphatic rings. The highest BCUT2D eigenvalue weighted by Gasteiger charge is 2.28. The van der Waals surface area contributed by atoms with Gasteiger partial charge in [0.2, 0.25) is 0 Å². The Labute approximate surface area is 113 Å². The van der Waals surface area contributed by atoms with Crippen molar-refractivity contribution in [1.82, 2.24) is 9.88 Å². The van der Waals surface area contributed by atoms with E-state index in [1.54, 1.807) is 18.3 Å². The molecule has 1 aromatic heterocycles. The fraction of sp³-hybridized carbons (Fsp3) is 0.714. The predicted octanol–water partition coefficient (Wildman–Crippen LogP) is 3.21. The molecule has 18 heavy (non-hydrogen) atoms. The van der Waals surface area contributed by atoms with E-state index in [1.807, 2.05) is 6.20 Å². The van der Waals surface area contributed by atoms with Gasteiger partial charge in [0.15, 0.2) is 0 Å². The zero-order valence-corrected chi connectivity index (χ0v) is 12.3. The van der Waals surface area contributed by atoms with Gasteiger partial charge in [0.05, 0.1) is 6.04 Å². The molecular weight excluding hydrogens is 244 g/mol. The summed E-state index contributed by atoms with van der Waals surface area (Å²) in [5.74, 6) is 0.217. The first kappa shape index (κ1) is 13.7. The first-order chi connectivity index (χ1) is 8.58. The van der Waals surface area contributed by atoms with E-state index in [2.05, 4.69) is 23.7 Å². The van der Waals surface area contributed by atoms with Crippen LogP contribution in [0.5, 0.6) is 0 Å². The van der Waals surface area contributed by atoms with E-state index in [9.17, 15) is 4.79 Å². The first-order valence-electron chi connectivity index (χ1n) is 6.77. The average molecular weight is 266 g/mol. The van der Waals surface area contributed by atoms with Crippen molar-refractivity contribution in [3.63, 3.8) is 0 Å². The molecule has 0 N–H and O–H groups in total. The van der Waals surface area contributed by atoms with Gasteiger partial charge in [0.1, 0.15) is 10.8 Å². The molecule has 1 atom stereocenters. The highest BCUT2D eigenvalue weighted by atomic mass is 32.1. The summed E-state index contributed by atoms with van der Waals surface area (Å²) in [6.07, 6.45) is 6.20. The molecule has 0 aliphatic carbocycles. The number of thiazole rings is 1. The standard InChI is InChI=1S/C14H22N2OS/c1-10(2)16-7-5-4-6-13(16)14-15-9-12(18-14)8-11(3)17/h9-10,13H,4-8H2,1-3H3. The minimum Gasteiger partial charge on any atom is -0.300 e. The van der Waals surface area contributed by atoms with Crippen LogP contribution in [-0.2, 0) is 11.2 Å². The van der Waals surface area contributed by atoms with Crippen molar-refractivity contribution in [3.05, 3.63) is 16.1 Å². The molecule has 3 nitrogen and oxygen atoms in total. The van der Waals surface area contributed by atoms with Gasteiger partial charge in [-0.15, -0.1) is 11.3 Å². The highest BCUT2D eigenvalue weighted by molar-refractivity contribution is 7.11. The van der Waals surface area contributed by atoms with Crippen LogP contribution in [0.25, 0.3) is 0 Å². The number of hydrogen-bond acceptors (Lipinski definition) is 4. The van der Waals surface area contributed by atoms with Crippen LogP contribution < -0.4 is 0 Å². The van der Waals surface area contributed by atoms with E-state index in [1.165, 1.54) is 30.8 Å². The van der Waals surface area contributed by atoms with Gasteiger partial charge in [-0.3, -0.25) is 9.69 Å². The van der Waals surface area contributed by atoms with Crippen molar-refractivity contribution in [2.24, 2.45) is 0 Å². The Kier molecular flexibility index (Phi) is 4.51. The summed E-state index contributed by atoms with van der Waals surface area (Å²) in [7, 11) is 0. The molecule has 0 bridgehead atoms. The zero-order valence-electron chi connectivity index (χ0n) is 11.5. The second-order valence-corrected chi connectivity index (χ2v) is 6.53. The van der Waals surface area contributed by atoms with E-state index in [0.717, 1.165) is 4.88 Å². The molecule has 100 valence electrons. The molecule has 0 spiro atoms. The van der Waals surface area contributed by atoms with Crippen molar-refractivity contribution in [3.8, 4) is 0 Å². The number of ketones is 1. The molecular formula is C14H22N2OS. The Balaban J connectivity index is 2.13. The Morgan fingerprint density at radius 3 is 3.00 bits per heavy atom. The molecule has 2 rings (SSSR count). The van der Waals surface area contributed by atoms with Crippen molar-refractivity contribution in [1.29, 1.82) is 0 Å². The molecule has 1 saturated heterocycles. The third kappa shape index (κ3) is 3.18. The van der Waals surface area contributed by atoms with Crippen LogP contribution in [0, 0.1) is 0 Å². The quantitative estimate of drug-likeness (QED) is 0.839. The molecule has 0 saturated carbocycles. The van der Waals surface area contributed by atoms with Gasteiger partial charge in [-0.1, -0.05) is 6.42 Å². The highest BCUT2D eigenvalue weighted by Crippen LogP contribution is 2.34. The lowest BCUT2D eigenvalue weighted by Crippen LogP contribution is -2.38. The third-order valence-electron chi connectivity index (χ3n) is 3.49. The number of hydrogen-bond donors (Lipinski definition) is 0. The number of Topliss-reactive ketones (excluding diaryl/α,β-unsaturated/α-hetero) is 1. The summed E-state index contributed by atoms with van der Waals surface area (Å²) in [4.78, 5) is 19.3. The van der Waals surface area contributed by atoms with E-state index in [-0.39, 0.29) is 5.78 Å². The van der Waals surface area contributed by atoms with Crippen molar-refractivity contribution in [2.75, 3.05) is 6.54 Å². The summed E-state index contributed by atoms with van der Waals surface area (Å²) in [6, 6.07) is 1.03. The molecule has 1 fully saturated rings. The molecule has 1 aromatic rings. The van der Waals surface area contributed by atoms with Crippen LogP contribution in [0.2, 0.25) is 0 Å². The second-order valence-electron chi connectivity index (χ2n) is 5.39. The monoisotopic (exact) mass is 266 g/mol. The topological polar surface area (TPSA) is 33.2 Å². The molecule has 2 heterocycles. The average Bonchev–Trinajstić information content (AvgIpc) is 2.76. The van der Waals surface area contributed by atoms with Crippen molar-refractivity contribution < 1.29 is 4.79 Å². The number of nitrogens with zero attached hydrogens (tertiary/aromatic N) is 2. The largest absolute Gasteiger partial charge is 0.300 e. The SMILES string of the molecule is CC(=O)Cc1cnc(C2CCCCN2C(C)C)s1. The number of carbonyl (C=O) groups excluding carboxylic acids is 1. The number of rotatable bonds is 4. The lowest BCUT2D eigenvalue weighted by Gasteiger charge is -2.37. The van der Waals surface area contributed by atoms with Crippen LogP contribution >= 0.6 is 11.3 Å². The summed E-state index contributed by atoms with van der Waals surface area (Å²) in [5.41, 5.74) is 0. The summed E-state index contributed by atoms with van der Waals surface area (Å²) in [5, 5.41) is 1.19. The summed E-state index contributed by atoms with van der Waals surface area (Å²) in [6.45, 7) is 7.31. The van der Waals surface area contributed by atoms with Gasteiger partial charge in [0, 0.05) is 23.5 Å². The lowest BCUT2D eigenvalue weighted by atomic mass is 10.0. The van der Waals surface area contributed by atoms with Crippen molar-refractivity contribution >= 4 is 17.1 Å². The molecule has 4 heteroatoms. The number of carbonyl (C=O) groups is 1. The Hall–Kier alpha value is -0.740. The zero-order chi connectivity index (χ0) is 13.1. The maximum atomic E-state index is 11.1. The second kappa shape index (κ2) is 5.93. The minimum atomic E-state index is 0.217. The Bertz CT molecular complexity index is 414. The predicted molar refractivity (Wildman–Crippen MR) is 74.9 cm³/mol. The Morgan fingerprint density at radius 2 is 2.33 bits per heavy atom. The summed E-state index contributed by atoms with van der Waals surface area (Å²) >= 11 is 1.72. The van der Waals surface area contributed by atoms with Crippen LogP contribution in [0.3, 0.4) is 0 Å². The van der Waals surface area contributed by atoms with Gasteiger partial charge in [-0.2, -0.15) is 0 Å². The molecule has 1 aliphatic heterocycles. The van der Waals surface area contributed by atoms with E-state index < -0.39 is 0 Å². The third-order valence-corrected chi connectivity index (χ3v) is 4.59. The maximum Gasteiger partial charge on any atom is 0.135 e. The van der Waals surface area contributed by atoms with Crippen LogP contribution in [-0.4, -0.2) is 28.3 Å². The van der Waals surface area contributed by atoms with Crippen LogP contribution in [0.4, 0.5) is 0 Å². The van der Waals surface area contributed by atoms with Crippen LogP contribution in [0.1, 0.15) is 56.0 Å². The summed E-state index contributed by atoms with van der Waals surface area (Å²) < 4.78 is 0. The fourth-order valence-corrected chi connectivity index (χ4v) is 3.79. The van der Waals surface area contributed by atoms with Crippen LogP contribution in [0.15, 0.2) is 6.20 Å². The first-order valence-corrected chi connectivity index (χ1v) is 7.59. The fourth-order valence-electron chi connectivity index (χ4n) is 2.64.